The molecular weight excluding hydrogens is 536 g/mol. The maximum absolute atomic E-state index is 12.6. The zero-order valence-corrected chi connectivity index (χ0v) is 25.5. The lowest BCUT2D eigenvalue weighted by molar-refractivity contribution is -0.155. The van der Waals surface area contributed by atoms with Crippen molar-refractivity contribution in [2.45, 2.75) is 52.5 Å². The molecular formula is C32H44N4O6. The molecule has 4 amide bonds. The molecule has 228 valence electrons. The number of nitrogens with zero attached hydrogens (tertiary/aromatic N) is 3. The third-order valence-electron chi connectivity index (χ3n) is 8.56. The number of fused-ring (bicyclic) bond motifs is 1. The van der Waals surface area contributed by atoms with Gasteiger partial charge in [0.05, 0.1) is 18.6 Å². The number of β-lactam (4-membered cyclic amide) rings is 1. The SMILES string of the molecule is CCCC(NC(=O)N1CC(CC)(CC)C1=O)c1ccc2c(c1)OCO2.COc1ccc(C(=O)N2CCN(C)CC2)cc1. The Morgan fingerprint density at radius 1 is 0.976 bits per heavy atom. The van der Waals surface area contributed by atoms with Gasteiger partial charge in [0.25, 0.3) is 5.91 Å². The van der Waals surface area contributed by atoms with Crippen LogP contribution < -0.4 is 19.5 Å². The van der Waals surface area contributed by atoms with E-state index < -0.39 is 0 Å². The highest BCUT2D eigenvalue weighted by molar-refractivity contribution is 6.02. The van der Waals surface area contributed by atoms with Gasteiger partial charge in [0.2, 0.25) is 12.7 Å². The van der Waals surface area contributed by atoms with Crippen molar-refractivity contribution in [3.05, 3.63) is 53.6 Å². The van der Waals surface area contributed by atoms with Crippen molar-refractivity contribution in [1.29, 1.82) is 0 Å². The van der Waals surface area contributed by atoms with Gasteiger partial charge in [0.1, 0.15) is 5.75 Å². The minimum Gasteiger partial charge on any atom is -0.497 e. The van der Waals surface area contributed by atoms with E-state index in [4.69, 9.17) is 14.2 Å². The Kier molecular flexibility index (Phi) is 10.3. The number of carbonyl (C=O) groups excluding carboxylic acids is 3. The van der Waals surface area contributed by atoms with Crippen LogP contribution in [0.15, 0.2) is 42.5 Å². The Bertz CT molecular complexity index is 1240. The largest absolute Gasteiger partial charge is 0.497 e. The molecule has 5 rings (SSSR count). The molecule has 0 aliphatic carbocycles. The number of likely N-dealkylation sites (N-methyl/N-ethyl adjacent to an activating group) is 1. The van der Waals surface area contributed by atoms with Crippen LogP contribution >= 0.6 is 0 Å². The first-order chi connectivity index (χ1) is 20.2. The van der Waals surface area contributed by atoms with E-state index in [-0.39, 0.29) is 36.1 Å². The van der Waals surface area contributed by atoms with E-state index in [0.717, 1.165) is 74.5 Å². The minimum atomic E-state index is -0.351. The summed E-state index contributed by atoms with van der Waals surface area (Å²) in [6.45, 7) is 10.3. The first-order valence-electron chi connectivity index (χ1n) is 14.9. The monoisotopic (exact) mass is 580 g/mol. The van der Waals surface area contributed by atoms with Crippen molar-refractivity contribution in [1.82, 2.24) is 20.0 Å². The second-order valence-electron chi connectivity index (χ2n) is 11.1. The molecule has 3 aliphatic rings. The number of methoxy groups -OCH3 is 1. The van der Waals surface area contributed by atoms with Gasteiger partial charge in [-0.25, -0.2) is 4.79 Å². The third-order valence-corrected chi connectivity index (χ3v) is 8.56. The summed E-state index contributed by atoms with van der Waals surface area (Å²) in [6, 6.07) is 12.5. The number of urea groups is 1. The molecule has 2 saturated heterocycles. The Hall–Kier alpha value is -3.79. The molecule has 0 saturated carbocycles. The molecule has 1 unspecified atom stereocenters. The summed E-state index contributed by atoms with van der Waals surface area (Å²) < 4.78 is 15.8. The van der Waals surface area contributed by atoms with Crippen LogP contribution in [0.3, 0.4) is 0 Å². The number of amides is 4. The van der Waals surface area contributed by atoms with Crippen molar-refractivity contribution in [2.75, 3.05) is 53.7 Å². The van der Waals surface area contributed by atoms with Crippen LogP contribution in [0.2, 0.25) is 0 Å². The average Bonchev–Trinajstić information content (AvgIpc) is 3.49. The molecule has 3 heterocycles. The van der Waals surface area contributed by atoms with Gasteiger partial charge in [-0.05, 0) is 68.3 Å². The maximum atomic E-state index is 12.6. The van der Waals surface area contributed by atoms with Crippen LogP contribution in [-0.2, 0) is 4.79 Å². The van der Waals surface area contributed by atoms with Crippen LogP contribution in [0, 0.1) is 5.41 Å². The van der Waals surface area contributed by atoms with Gasteiger partial charge in [-0.1, -0.05) is 33.3 Å². The third kappa shape index (κ3) is 6.81. The van der Waals surface area contributed by atoms with E-state index in [0.29, 0.717) is 12.3 Å². The summed E-state index contributed by atoms with van der Waals surface area (Å²) >= 11 is 0. The quantitative estimate of drug-likeness (QED) is 0.452. The highest BCUT2D eigenvalue weighted by Crippen LogP contribution is 2.39. The Labute approximate surface area is 248 Å². The Balaban J connectivity index is 0.000000208. The van der Waals surface area contributed by atoms with Gasteiger partial charge < -0.3 is 29.3 Å². The van der Waals surface area contributed by atoms with E-state index in [2.05, 4.69) is 24.2 Å². The van der Waals surface area contributed by atoms with Gasteiger partial charge >= 0.3 is 6.03 Å². The van der Waals surface area contributed by atoms with Crippen LogP contribution in [-0.4, -0.2) is 86.2 Å². The zero-order chi connectivity index (χ0) is 30.3. The standard InChI is InChI=1S/C19H26N2O4.C13H18N2O2/c1-4-7-14(13-8-9-15-16(10-13)25-12-24-15)20-18(23)21-11-19(5-2,6-3)17(21)22;1-14-7-9-15(10-8-14)13(16)11-3-5-12(17-2)6-4-11/h8-10,14H,4-7,11-12H2,1-3H3,(H,20,23);3-6H,7-10H2,1-2H3. The highest BCUT2D eigenvalue weighted by atomic mass is 16.7. The summed E-state index contributed by atoms with van der Waals surface area (Å²) in [5.74, 6) is 2.25. The number of imide groups is 1. The average molecular weight is 581 g/mol. The molecule has 0 radical (unpaired) electrons. The van der Waals surface area contributed by atoms with Crippen molar-refractivity contribution < 1.29 is 28.6 Å². The number of rotatable bonds is 8. The van der Waals surface area contributed by atoms with E-state index in [9.17, 15) is 14.4 Å². The van der Waals surface area contributed by atoms with Gasteiger partial charge in [0.15, 0.2) is 11.5 Å². The molecule has 1 N–H and O–H groups in total. The van der Waals surface area contributed by atoms with Gasteiger partial charge in [-0.3, -0.25) is 14.5 Å². The van der Waals surface area contributed by atoms with Crippen LogP contribution in [0.4, 0.5) is 4.79 Å². The number of piperazine rings is 1. The van der Waals surface area contributed by atoms with Crippen molar-refractivity contribution in [3.8, 4) is 17.2 Å². The number of likely N-dealkylation sites (tertiary alicyclic amines) is 1. The van der Waals surface area contributed by atoms with Crippen molar-refractivity contribution in [3.63, 3.8) is 0 Å². The number of nitrogens with one attached hydrogen (secondary N) is 1. The summed E-state index contributed by atoms with van der Waals surface area (Å²) in [6.07, 6.45) is 3.25. The maximum Gasteiger partial charge on any atom is 0.324 e. The van der Waals surface area contributed by atoms with Crippen molar-refractivity contribution in [2.24, 2.45) is 5.41 Å². The van der Waals surface area contributed by atoms with E-state index in [1.165, 1.54) is 4.90 Å². The molecule has 3 aliphatic heterocycles. The molecule has 2 aromatic carbocycles. The summed E-state index contributed by atoms with van der Waals surface area (Å²) in [4.78, 5) is 42.7. The number of hydrogen-bond donors (Lipinski definition) is 1. The fourth-order valence-electron chi connectivity index (χ4n) is 5.47. The number of carbonyl (C=O) groups is 3. The fourth-order valence-corrected chi connectivity index (χ4v) is 5.47. The summed E-state index contributed by atoms with van der Waals surface area (Å²) in [7, 11) is 3.70. The molecule has 0 spiro atoms. The number of hydrogen-bond acceptors (Lipinski definition) is 7. The molecule has 10 nitrogen and oxygen atoms in total. The van der Waals surface area contributed by atoms with E-state index >= 15 is 0 Å². The predicted molar refractivity (Wildman–Crippen MR) is 160 cm³/mol. The second kappa shape index (κ2) is 13.9. The summed E-state index contributed by atoms with van der Waals surface area (Å²) in [5.41, 5.74) is 1.34. The van der Waals surface area contributed by atoms with E-state index in [1.807, 2.05) is 61.2 Å². The van der Waals surface area contributed by atoms with Crippen LogP contribution in [0.25, 0.3) is 0 Å². The first-order valence-corrected chi connectivity index (χ1v) is 14.9. The van der Waals surface area contributed by atoms with Crippen LogP contribution in [0.1, 0.15) is 68.4 Å². The highest BCUT2D eigenvalue weighted by Gasteiger charge is 2.52. The van der Waals surface area contributed by atoms with Gasteiger partial charge in [-0.2, -0.15) is 0 Å². The molecule has 0 bridgehead atoms. The lowest BCUT2D eigenvalue weighted by atomic mass is 9.74. The zero-order valence-electron chi connectivity index (χ0n) is 25.5. The number of benzene rings is 2. The molecule has 2 aromatic rings. The normalized spacial score (nSPS) is 18.0. The Morgan fingerprint density at radius 3 is 2.24 bits per heavy atom. The molecule has 2 fully saturated rings. The molecule has 0 aromatic heterocycles. The lowest BCUT2D eigenvalue weighted by Crippen LogP contribution is -2.65. The van der Waals surface area contributed by atoms with E-state index in [1.54, 1.807) is 7.11 Å². The molecule has 42 heavy (non-hydrogen) atoms. The smallest absolute Gasteiger partial charge is 0.324 e. The first kappa shape index (κ1) is 31.2. The van der Waals surface area contributed by atoms with Crippen LogP contribution in [0.5, 0.6) is 17.2 Å². The second-order valence-corrected chi connectivity index (χ2v) is 11.1. The lowest BCUT2D eigenvalue weighted by Gasteiger charge is -2.47. The summed E-state index contributed by atoms with van der Waals surface area (Å²) in [5, 5.41) is 3.01. The van der Waals surface area contributed by atoms with Gasteiger partial charge in [0, 0.05) is 38.3 Å². The number of ether oxygens (including phenoxy) is 3. The minimum absolute atomic E-state index is 0.0593. The topological polar surface area (TPSA) is 101 Å². The fraction of sp³-hybridized carbons (Fsp3) is 0.531. The Morgan fingerprint density at radius 2 is 1.64 bits per heavy atom. The van der Waals surface area contributed by atoms with Crippen molar-refractivity contribution >= 4 is 17.8 Å². The molecule has 10 heteroatoms. The molecule has 1 atom stereocenters. The predicted octanol–water partition coefficient (Wildman–Crippen LogP) is 4.70. The van der Waals surface area contributed by atoms with Gasteiger partial charge in [-0.15, -0.1) is 0 Å².